The first-order chi connectivity index (χ1) is 12.6. The minimum absolute atomic E-state index is 0.407. The summed E-state index contributed by atoms with van der Waals surface area (Å²) in [6.07, 6.45) is -0.407. The Morgan fingerprint density at radius 1 is 1.19 bits per heavy atom. The fourth-order valence-electron chi connectivity index (χ4n) is 3.35. The molecule has 0 bridgehead atoms. The highest BCUT2D eigenvalue weighted by Gasteiger charge is 2.31. The van der Waals surface area contributed by atoms with Crippen molar-refractivity contribution in [3.05, 3.63) is 48.5 Å². The Morgan fingerprint density at radius 3 is 2.73 bits per heavy atom. The van der Waals surface area contributed by atoms with E-state index in [2.05, 4.69) is 57.9 Å². The van der Waals surface area contributed by atoms with Crippen molar-refractivity contribution >= 4 is 28.4 Å². The summed E-state index contributed by atoms with van der Waals surface area (Å²) >= 11 is 1.79. The van der Waals surface area contributed by atoms with E-state index in [4.69, 9.17) is 0 Å². The van der Waals surface area contributed by atoms with Crippen LogP contribution in [-0.2, 0) is 4.74 Å². The fourth-order valence-corrected chi connectivity index (χ4v) is 4.05. The number of aromatic amines is 1. The number of hydrogen-bond acceptors (Lipinski definition) is 3. The molecule has 0 amide bonds. The van der Waals surface area contributed by atoms with Crippen LogP contribution in [0.2, 0.25) is 0 Å². The van der Waals surface area contributed by atoms with Crippen molar-refractivity contribution in [1.29, 1.82) is 0 Å². The number of hydrogen-bond donors (Lipinski definition) is 1. The Kier molecular flexibility index (Phi) is 4.87. The van der Waals surface area contributed by atoms with Crippen LogP contribution in [0.1, 0.15) is 6.92 Å². The Hall–Kier alpha value is -2.05. The number of aromatic nitrogens is 1. The van der Waals surface area contributed by atoms with Crippen LogP contribution < -0.4 is 4.90 Å². The molecule has 0 radical (unpaired) electrons. The van der Waals surface area contributed by atoms with Crippen molar-refractivity contribution in [2.24, 2.45) is 0 Å². The van der Waals surface area contributed by atoms with E-state index >= 15 is 0 Å². The minimum atomic E-state index is -2.71. The second-order valence-electron chi connectivity index (χ2n) is 6.31. The van der Waals surface area contributed by atoms with Gasteiger partial charge in [0.15, 0.2) is 0 Å². The summed E-state index contributed by atoms with van der Waals surface area (Å²) in [7, 11) is 0. The molecule has 1 N–H and O–H groups in total. The lowest BCUT2D eigenvalue weighted by molar-refractivity contribution is -0.167. The summed E-state index contributed by atoms with van der Waals surface area (Å²) in [6.45, 7) is 0.386. The topological polar surface area (TPSA) is 28.3 Å². The van der Waals surface area contributed by atoms with Crippen LogP contribution in [0.3, 0.4) is 0 Å². The lowest BCUT2D eigenvalue weighted by Gasteiger charge is -2.41. The zero-order valence-corrected chi connectivity index (χ0v) is 15.2. The number of anilines is 1. The Morgan fingerprint density at radius 2 is 2.00 bits per heavy atom. The molecule has 2 aromatic carbocycles. The van der Waals surface area contributed by atoms with Gasteiger partial charge in [-0.2, -0.15) is 8.78 Å². The molecule has 26 heavy (non-hydrogen) atoms. The number of rotatable bonds is 6. The van der Waals surface area contributed by atoms with Crippen molar-refractivity contribution in [2.45, 2.75) is 24.5 Å². The van der Waals surface area contributed by atoms with Gasteiger partial charge in [0.2, 0.25) is 0 Å². The SMILES string of the molecule is CCSc1ccc(N2CC(OC(F)F)C2)c(-c2cc3ccccc3[nH]2)c1. The molecule has 136 valence electrons. The Balaban J connectivity index is 1.68. The van der Waals surface area contributed by atoms with Gasteiger partial charge in [-0.1, -0.05) is 25.1 Å². The molecule has 0 unspecified atom stereocenters. The average Bonchev–Trinajstić information content (AvgIpc) is 3.02. The van der Waals surface area contributed by atoms with E-state index in [0.717, 1.165) is 33.6 Å². The van der Waals surface area contributed by atoms with Gasteiger partial charge in [-0.25, -0.2) is 0 Å². The standard InChI is InChI=1S/C20H20F2N2OS/c1-2-26-15-7-8-19(24-11-14(12-24)25-20(21)22)16(10-15)18-9-13-5-3-4-6-17(13)23-18/h3-10,14,20,23H,2,11-12H2,1H3. The van der Waals surface area contributed by atoms with Gasteiger partial charge in [-0.15, -0.1) is 11.8 Å². The maximum absolute atomic E-state index is 12.4. The second kappa shape index (κ2) is 7.29. The fraction of sp³-hybridized carbons (Fsp3) is 0.300. The number of ether oxygens (including phenoxy) is 1. The number of alkyl halides is 2. The third-order valence-electron chi connectivity index (χ3n) is 4.58. The van der Waals surface area contributed by atoms with Gasteiger partial charge < -0.3 is 14.6 Å². The number of H-pyrrole nitrogens is 1. The first-order valence-corrected chi connectivity index (χ1v) is 9.66. The molecular formula is C20H20F2N2OS. The van der Waals surface area contributed by atoms with E-state index in [0.29, 0.717) is 13.1 Å². The van der Waals surface area contributed by atoms with E-state index < -0.39 is 12.7 Å². The van der Waals surface area contributed by atoms with Gasteiger partial charge in [0.25, 0.3) is 0 Å². The molecule has 0 atom stereocenters. The van der Waals surface area contributed by atoms with Crippen molar-refractivity contribution in [2.75, 3.05) is 23.7 Å². The number of para-hydroxylation sites is 1. The maximum atomic E-state index is 12.4. The monoisotopic (exact) mass is 374 g/mol. The molecule has 1 aromatic heterocycles. The van der Waals surface area contributed by atoms with E-state index in [-0.39, 0.29) is 0 Å². The molecule has 0 aliphatic carbocycles. The van der Waals surface area contributed by atoms with Gasteiger partial charge in [0.05, 0.1) is 6.10 Å². The number of fused-ring (bicyclic) bond motifs is 1. The first-order valence-electron chi connectivity index (χ1n) is 8.67. The number of nitrogens with one attached hydrogen (secondary N) is 1. The molecule has 6 heteroatoms. The quantitative estimate of drug-likeness (QED) is 0.588. The van der Waals surface area contributed by atoms with Crippen LogP contribution in [0.4, 0.5) is 14.5 Å². The summed E-state index contributed by atoms with van der Waals surface area (Å²) in [5.74, 6) is 1.000. The summed E-state index contributed by atoms with van der Waals surface area (Å²) in [6, 6.07) is 16.7. The molecule has 4 rings (SSSR count). The average molecular weight is 374 g/mol. The smallest absolute Gasteiger partial charge is 0.345 e. The molecule has 3 aromatic rings. The van der Waals surface area contributed by atoms with Crippen LogP contribution in [0, 0.1) is 0 Å². The summed E-state index contributed by atoms with van der Waals surface area (Å²) in [4.78, 5) is 6.77. The maximum Gasteiger partial charge on any atom is 0.345 e. The van der Waals surface area contributed by atoms with Crippen LogP contribution in [0.5, 0.6) is 0 Å². The molecule has 1 fully saturated rings. The lowest BCUT2D eigenvalue weighted by atomic mass is 10.0. The second-order valence-corrected chi connectivity index (χ2v) is 7.64. The van der Waals surface area contributed by atoms with Gasteiger partial charge in [0.1, 0.15) is 0 Å². The van der Waals surface area contributed by atoms with Crippen molar-refractivity contribution in [3.63, 3.8) is 0 Å². The molecule has 1 aliphatic rings. The normalized spacial score (nSPS) is 15.0. The summed E-state index contributed by atoms with van der Waals surface area (Å²) < 4.78 is 29.4. The molecular weight excluding hydrogens is 354 g/mol. The predicted octanol–water partition coefficient (Wildman–Crippen LogP) is 5.37. The zero-order valence-electron chi connectivity index (χ0n) is 14.4. The van der Waals surface area contributed by atoms with Crippen LogP contribution in [0.25, 0.3) is 22.2 Å². The van der Waals surface area contributed by atoms with E-state index in [1.165, 1.54) is 4.90 Å². The highest BCUT2D eigenvalue weighted by molar-refractivity contribution is 7.99. The number of halogens is 2. The van der Waals surface area contributed by atoms with Crippen LogP contribution in [0.15, 0.2) is 53.4 Å². The number of nitrogens with zero attached hydrogens (tertiary/aromatic N) is 1. The van der Waals surface area contributed by atoms with Crippen LogP contribution >= 0.6 is 11.8 Å². The predicted molar refractivity (Wildman–Crippen MR) is 103 cm³/mol. The lowest BCUT2D eigenvalue weighted by Crippen LogP contribution is -2.53. The number of thioether (sulfide) groups is 1. The minimum Gasteiger partial charge on any atom is -0.366 e. The van der Waals surface area contributed by atoms with E-state index in [1.54, 1.807) is 11.8 Å². The van der Waals surface area contributed by atoms with E-state index in [1.807, 2.05) is 12.1 Å². The number of benzene rings is 2. The van der Waals surface area contributed by atoms with Gasteiger partial charge in [-0.05, 0) is 36.1 Å². The van der Waals surface area contributed by atoms with E-state index in [9.17, 15) is 8.78 Å². The Bertz CT molecular complexity index is 873. The summed E-state index contributed by atoms with van der Waals surface area (Å²) in [5.41, 5.74) is 4.27. The van der Waals surface area contributed by atoms with Gasteiger partial charge >= 0.3 is 6.61 Å². The van der Waals surface area contributed by atoms with Gasteiger partial charge in [-0.3, -0.25) is 0 Å². The third-order valence-corrected chi connectivity index (χ3v) is 5.46. The zero-order chi connectivity index (χ0) is 18.1. The van der Waals surface area contributed by atoms with Crippen molar-refractivity contribution in [1.82, 2.24) is 4.98 Å². The molecule has 1 aliphatic heterocycles. The molecule has 0 saturated carbocycles. The first kappa shape index (κ1) is 17.4. The molecule has 0 spiro atoms. The Labute approximate surface area is 155 Å². The molecule has 3 nitrogen and oxygen atoms in total. The molecule has 1 saturated heterocycles. The third kappa shape index (κ3) is 3.44. The van der Waals surface area contributed by atoms with Crippen molar-refractivity contribution in [3.8, 4) is 11.3 Å². The highest BCUT2D eigenvalue weighted by Crippen LogP contribution is 2.38. The highest BCUT2D eigenvalue weighted by atomic mass is 32.2. The van der Waals surface area contributed by atoms with Gasteiger partial charge in [0, 0.05) is 45.8 Å². The largest absolute Gasteiger partial charge is 0.366 e. The molecule has 2 heterocycles. The summed E-state index contributed by atoms with van der Waals surface area (Å²) in [5, 5.41) is 1.16. The van der Waals surface area contributed by atoms with Crippen LogP contribution in [-0.4, -0.2) is 36.5 Å². The van der Waals surface area contributed by atoms with Crippen molar-refractivity contribution < 1.29 is 13.5 Å².